The minimum Gasteiger partial charge on any atom is -0.341 e. The SMILES string of the molecule is CC(NC(=O)c1cc(-c2ccccn2)n[nH]1)c1nc2ccccc2[nH]1. The summed E-state index contributed by atoms with van der Waals surface area (Å²) in [6.45, 7) is 1.88. The molecule has 0 aliphatic carbocycles. The smallest absolute Gasteiger partial charge is 0.269 e. The van der Waals surface area contributed by atoms with Crippen LogP contribution in [0, 0.1) is 0 Å². The molecule has 7 heteroatoms. The van der Waals surface area contributed by atoms with Crippen molar-refractivity contribution in [3.05, 3.63) is 66.2 Å². The Balaban J connectivity index is 1.51. The molecule has 3 heterocycles. The maximum absolute atomic E-state index is 12.4. The molecule has 0 saturated heterocycles. The minimum absolute atomic E-state index is 0.248. The van der Waals surface area contributed by atoms with Crippen LogP contribution in [0.15, 0.2) is 54.7 Å². The summed E-state index contributed by atoms with van der Waals surface area (Å²) in [6, 6.07) is 14.7. The van der Waals surface area contributed by atoms with Gasteiger partial charge in [0, 0.05) is 6.20 Å². The molecule has 1 amide bonds. The fourth-order valence-corrected chi connectivity index (χ4v) is 2.60. The maximum Gasteiger partial charge on any atom is 0.269 e. The highest BCUT2D eigenvalue weighted by molar-refractivity contribution is 5.93. The number of aromatic amines is 2. The molecule has 0 aliphatic heterocycles. The van der Waals surface area contributed by atoms with Crippen molar-refractivity contribution in [2.45, 2.75) is 13.0 Å². The number of nitrogens with zero attached hydrogens (tertiary/aromatic N) is 3. The van der Waals surface area contributed by atoms with E-state index in [1.165, 1.54) is 0 Å². The average molecular weight is 332 g/mol. The highest BCUT2D eigenvalue weighted by Gasteiger charge is 2.17. The molecular formula is C18H16N6O. The highest BCUT2D eigenvalue weighted by atomic mass is 16.2. The van der Waals surface area contributed by atoms with Crippen LogP contribution in [0.4, 0.5) is 0 Å². The van der Waals surface area contributed by atoms with Crippen LogP contribution in [0.25, 0.3) is 22.4 Å². The summed E-state index contributed by atoms with van der Waals surface area (Å²) in [5.74, 6) is 0.460. The average Bonchev–Trinajstić information content (AvgIpc) is 3.29. The Morgan fingerprint density at radius 3 is 2.76 bits per heavy atom. The van der Waals surface area contributed by atoms with E-state index in [0.717, 1.165) is 11.0 Å². The van der Waals surface area contributed by atoms with E-state index in [2.05, 4.69) is 30.5 Å². The first-order valence-corrected chi connectivity index (χ1v) is 7.93. The lowest BCUT2D eigenvalue weighted by Gasteiger charge is -2.10. The van der Waals surface area contributed by atoms with Crippen molar-refractivity contribution < 1.29 is 4.79 Å². The molecule has 0 fully saturated rings. The van der Waals surface area contributed by atoms with E-state index in [-0.39, 0.29) is 11.9 Å². The zero-order valence-electron chi connectivity index (χ0n) is 13.5. The molecule has 1 aromatic carbocycles. The van der Waals surface area contributed by atoms with E-state index < -0.39 is 0 Å². The van der Waals surface area contributed by atoms with Gasteiger partial charge in [-0.3, -0.25) is 14.9 Å². The van der Waals surface area contributed by atoms with E-state index in [1.54, 1.807) is 12.3 Å². The van der Waals surface area contributed by atoms with Gasteiger partial charge >= 0.3 is 0 Å². The third kappa shape index (κ3) is 2.99. The molecule has 0 saturated carbocycles. The number of hydrogen-bond acceptors (Lipinski definition) is 4. The van der Waals surface area contributed by atoms with E-state index >= 15 is 0 Å². The number of H-pyrrole nitrogens is 2. The van der Waals surface area contributed by atoms with E-state index in [9.17, 15) is 4.79 Å². The number of hydrogen-bond donors (Lipinski definition) is 3. The molecular weight excluding hydrogens is 316 g/mol. The van der Waals surface area contributed by atoms with Crippen molar-refractivity contribution in [3.63, 3.8) is 0 Å². The molecule has 3 aromatic heterocycles. The number of carbonyl (C=O) groups is 1. The molecule has 4 rings (SSSR count). The number of carbonyl (C=O) groups excluding carboxylic acids is 1. The third-order valence-corrected chi connectivity index (χ3v) is 3.92. The van der Waals surface area contributed by atoms with Crippen molar-refractivity contribution in [2.24, 2.45) is 0 Å². The van der Waals surface area contributed by atoms with Crippen LogP contribution in [0.3, 0.4) is 0 Å². The van der Waals surface area contributed by atoms with Crippen molar-refractivity contribution in [2.75, 3.05) is 0 Å². The fourth-order valence-electron chi connectivity index (χ4n) is 2.60. The highest BCUT2D eigenvalue weighted by Crippen LogP contribution is 2.17. The van der Waals surface area contributed by atoms with Gasteiger partial charge in [-0.2, -0.15) is 5.10 Å². The van der Waals surface area contributed by atoms with Gasteiger partial charge in [-0.25, -0.2) is 4.98 Å². The van der Waals surface area contributed by atoms with Gasteiger partial charge in [0.1, 0.15) is 17.2 Å². The van der Waals surface area contributed by atoms with Crippen LogP contribution < -0.4 is 5.32 Å². The monoisotopic (exact) mass is 332 g/mol. The summed E-state index contributed by atoms with van der Waals surface area (Å²) in [5, 5.41) is 9.82. The van der Waals surface area contributed by atoms with Crippen LogP contribution in [-0.4, -0.2) is 31.1 Å². The third-order valence-electron chi connectivity index (χ3n) is 3.92. The number of fused-ring (bicyclic) bond motifs is 1. The Bertz CT molecular complexity index is 987. The molecule has 25 heavy (non-hydrogen) atoms. The Morgan fingerprint density at radius 1 is 1.12 bits per heavy atom. The second-order valence-corrected chi connectivity index (χ2v) is 5.72. The number of nitrogens with one attached hydrogen (secondary N) is 3. The predicted octanol–water partition coefficient (Wildman–Crippen LogP) is 2.84. The summed E-state index contributed by atoms with van der Waals surface area (Å²) in [6.07, 6.45) is 1.69. The molecule has 4 aromatic rings. The van der Waals surface area contributed by atoms with E-state index in [4.69, 9.17) is 0 Å². The lowest BCUT2D eigenvalue weighted by molar-refractivity contribution is 0.0933. The molecule has 1 unspecified atom stereocenters. The summed E-state index contributed by atoms with van der Waals surface area (Å²) >= 11 is 0. The van der Waals surface area contributed by atoms with Gasteiger partial charge < -0.3 is 10.3 Å². The molecule has 3 N–H and O–H groups in total. The molecule has 1 atom stereocenters. The van der Waals surface area contributed by atoms with Gasteiger partial charge in [0.05, 0.1) is 22.8 Å². The van der Waals surface area contributed by atoms with Crippen molar-refractivity contribution in [1.29, 1.82) is 0 Å². The van der Waals surface area contributed by atoms with E-state index in [0.29, 0.717) is 22.9 Å². The molecule has 7 nitrogen and oxygen atoms in total. The topological polar surface area (TPSA) is 99.3 Å². The van der Waals surface area contributed by atoms with Crippen LogP contribution >= 0.6 is 0 Å². The number of para-hydroxylation sites is 2. The van der Waals surface area contributed by atoms with Gasteiger partial charge in [0.2, 0.25) is 0 Å². The Hall–Kier alpha value is -3.48. The number of rotatable bonds is 4. The Kier molecular flexibility index (Phi) is 3.74. The van der Waals surface area contributed by atoms with E-state index in [1.807, 2.05) is 49.4 Å². The first-order valence-electron chi connectivity index (χ1n) is 7.93. The standard InChI is InChI=1S/C18H16N6O/c1-11(17-21-13-7-2-3-8-14(13)22-17)20-18(25)16-10-15(23-24-16)12-6-4-5-9-19-12/h2-11H,1H3,(H,20,25)(H,21,22)(H,23,24). The van der Waals surface area contributed by atoms with Crippen LogP contribution in [-0.2, 0) is 0 Å². The number of amides is 1. The molecule has 0 spiro atoms. The van der Waals surface area contributed by atoms with Crippen molar-refractivity contribution in [1.82, 2.24) is 30.5 Å². The molecule has 0 bridgehead atoms. The van der Waals surface area contributed by atoms with Gasteiger partial charge in [-0.05, 0) is 37.3 Å². The van der Waals surface area contributed by atoms with Gasteiger partial charge in [0.25, 0.3) is 5.91 Å². The van der Waals surface area contributed by atoms with Crippen LogP contribution in [0.1, 0.15) is 29.3 Å². The maximum atomic E-state index is 12.4. The molecule has 124 valence electrons. The largest absolute Gasteiger partial charge is 0.341 e. The fraction of sp³-hybridized carbons (Fsp3) is 0.111. The summed E-state index contributed by atoms with van der Waals surface area (Å²) in [4.78, 5) is 24.4. The van der Waals surface area contributed by atoms with Gasteiger partial charge in [0.15, 0.2) is 0 Å². The number of benzene rings is 1. The zero-order chi connectivity index (χ0) is 17.2. The van der Waals surface area contributed by atoms with Crippen LogP contribution in [0.2, 0.25) is 0 Å². The predicted molar refractivity (Wildman–Crippen MR) is 93.8 cm³/mol. The lowest BCUT2D eigenvalue weighted by atomic mass is 10.2. The lowest BCUT2D eigenvalue weighted by Crippen LogP contribution is -2.27. The minimum atomic E-state index is -0.262. The Labute approximate surface area is 143 Å². The molecule has 0 radical (unpaired) electrons. The zero-order valence-corrected chi connectivity index (χ0v) is 13.5. The summed E-state index contributed by atoms with van der Waals surface area (Å²) in [7, 11) is 0. The van der Waals surface area contributed by atoms with Gasteiger partial charge in [-0.1, -0.05) is 18.2 Å². The molecule has 0 aliphatic rings. The second-order valence-electron chi connectivity index (χ2n) is 5.72. The number of pyridine rings is 1. The summed E-state index contributed by atoms with van der Waals surface area (Å²) < 4.78 is 0. The van der Waals surface area contributed by atoms with Crippen molar-refractivity contribution >= 4 is 16.9 Å². The van der Waals surface area contributed by atoms with Crippen molar-refractivity contribution in [3.8, 4) is 11.4 Å². The first kappa shape index (κ1) is 15.1. The normalized spacial score (nSPS) is 12.2. The van der Waals surface area contributed by atoms with Crippen LogP contribution in [0.5, 0.6) is 0 Å². The Morgan fingerprint density at radius 2 is 1.96 bits per heavy atom. The quantitative estimate of drug-likeness (QED) is 0.535. The second kappa shape index (κ2) is 6.20. The first-order chi connectivity index (χ1) is 12.2. The number of aromatic nitrogens is 5. The number of imidazole rings is 1. The van der Waals surface area contributed by atoms with Gasteiger partial charge in [-0.15, -0.1) is 0 Å². The summed E-state index contributed by atoms with van der Waals surface area (Å²) in [5.41, 5.74) is 3.53.